The molecule has 2 aliphatic heterocycles. The molecule has 2 saturated heterocycles. The molecule has 0 spiro atoms. The number of ether oxygens (including phenoxy) is 2. The average Bonchev–Trinajstić information content (AvgIpc) is 2.82. The van der Waals surface area contributed by atoms with E-state index >= 15 is 0 Å². The van der Waals surface area contributed by atoms with Crippen LogP contribution in [0.5, 0.6) is 0 Å². The smallest absolute Gasteiger partial charge is 0.0620 e. The summed E-state index contributed by atoms with van der Waals surface area (Å²) in [5, 5.41) is 3.67. The average molecular weight is 228 g/mol. The molecule has 1 N–H and O–H groups in total. The minimum absolute atomic E-state index is 0.518. The van der Waals surface area contributed by atoms with Crippen molar-refractivity contribution < 1.29 is 9.47 Å². The van der Waals surface area contributed by atoms with Crippen molar-refractivity contribution in [2.24, 2.45) is 0 Å². The number of rotatable bonds is 4. The van der Waals surface area contributed by atoms with E-state index in [4.69, 9.17) is 9.47 Å². The van der Waals surface area contributed by atoms with Crippen molar-refractivity contribution in [3.63, 3.8) is 0 Å². The van der Waals surface area contributed by atoms with Crippen molar-refractivity contribution in [2.45, 2.75) is 38.4 Å². The largest absolute Gasteiger partial charge is 0.380 e. The Hall–Kier alpha value is -0.160. The summed E-state index contributed by atoms with van der Waals surface area (Å²) in [4.78, 5) is 2.51. The Morgan fingerprint density at radius 2 is 1.88 bits per heavy atom. The van der Waals surface area contributed by atoms with Gasteiger partial charge < -0.3 is 14.8 Å². The summed E-state index contributed by atoms with van der Waals surface area (Å²) < 4.78 is 10.8. The maximum atomic E-state index is 5.39. The van der Waals surface area contributed by atoms with Gasteiger partial charge in [-0.3, -0.25) is 4.90 Å². The molecule has 2 fully saturated rings. The molecule has 4 heteroatoms. The fourth-order valence-corrected chi connectivity index (χ4v) is 2.48. The van der Waals surface area contributed by atoms with Gasteiger partial charge in [-0.1, -0.05) is 0 Å². The molecule has 0 radical (unpaired) electrons. The quantitative estimate of drug-likeness (QED) is 0.758. The summed E-state index contributed by atoms with van der Waals surface area (Å²) in [5.74, 6) is 0. The first-order valence-electron chi connectivity index (χ1n) is 6.43. The van der Waals surface area contributed by atoms with E-state index in [1.165, 1.54) is 0 Å². The van der Waals surface area contributed by atoms with Crippen LogP contribution in [0, 0.1) is 0 Å². The molecule has 0 bridgehead atoms. The van der Waals surface area contributed by atoms with E-state index in [1.807, 2.05) is 0 Å². The van der Waals surface area contributed by atoms with Gasteiger partial charge in [-0.2, -0.15) is 0 Å². The Morgan fingerprint density at radius 3 is 2.50 bits per heavy atom. The number of morpholine rings is 1. The normalized spacial score (nSPS) is 31.5. The summed E-state index contributed by atoms with van der Waals surface area (Å²) in [6.07, 6.45) is 1.15. The molecule has 2 heterocycles. The van der Waals surface area contributed by atoms with E-state index in [-0.39, 0.29) is 0 Å². The lowest BCUT2D eigenvalue weighted by Gasteiger charge is -2.36. The van der Waals surface area contributed by atoms with Crippen molar-refractivity contribution in [1.82, 2.24) is 10.2 Å². The Kier molecular flexibility index (Phi) is 4.58. The Morgan fingerprint density at radius 1 is 1.12 bits per heavy atom. The highest BCUT2D eigenvalue weighted by molar-refractivity contribution is 4.83. The van der Waals surface area contributed by atoms with Crippen LogP contribution < -0.4 is 5.32 Å². The second-order valence-corrected chi connectivity index (χ2v) is 4.90. The molecule has 3 atom stereocenters. The summed E-state index contributed by atoms with van der Waals surface area (Å²) in [5.41, 5.74) is 0. The van der Waals surface area contributed by atoms with Crippen LogP contribution in [0.4, 0.5) is 0 Å². The molecule has 0 saturated carbocycles. The predicted octanol–water partition coefficient (Wildman–Crippen LogP) is 0.474. The third-order valence-electron chi connectivity index (χ3n) is 3.77. The Balaban J connectivity index is 1.75. The summed E-state index contributed by atoms with van der Waals surface area (Å²) in [6.45, 7) is 10.3. The first-order valence-corrected chi connectivity index (χ1v) is 6.43. The van der Waals surface area contributed by atoms with Crippen LogP contribution in [0.1, 0.15) is 20.3 Å². The van der Waals surface area contributed by atoms with Crippen LogP contribution in [0.15, 0.2) is 0 Å². The molecule has 2 rings (SSSR count). The minimum atomic E-state index is 0.518. The highest BCUT2D eigenvalue weighted by Crippen LogP contribution is 2.10. The van der Waals surface area contributed by atoms with Crippen molar-refractivity contribution in [2.75, 3.05) is 39.5 Å². The van der Waals surface area contributed by atoms with Crippen LogP contribution in [0.25, 0.3) is 0 Å². The van der Waals surface area contributed by atoms with E-state index in [2.05, 4.69) is 24.1 Å². The molecule has 94 valence electrons. The number of nitrogens with zero attached hydrogens (tertiary/aromatic N) is 1. The van der Waals surface area contributed by atoms with Gasteiger partial charge in [-0.15, -0.1) is 0 Å². The molecule has 3 unspecified atom stereocenters. The van der Waals surface area contributed by atoms with Gasteiger partial charge in [0, 0.05) is 37.8 Å². The van der Waals surface area contributed by atoms with Crippen molar-refractivity contribution in [1.29, 1.82) is 0 Å². The van der Waals surface area contributed by atoms with Gasteiger partial charge >= 0.3 is 0 Å². The second-order valence-electron chi connectivity index (χ2n) is 4.90. The first-order chi connectivity index (χ1) is 7.77. The fourth-order valence-electron chi connectivity index (χ4n) is 2.48. The molecule has 16 heavy (non-hydrogen) atoms. The van der Waals surface area contributed by atoms with Gasteiger partial charge in [0.15, 0.2) is 0 Å². The molecule has 0 aromatic heterocycles. The lowest BCUT2D eigenvalue weighted by molar-refractivity contribution is 0.0126. The maximum Gasteiger partial charge on any atom is 0.0620 e. The predicted molar refractivity (Wildman–Crippen MR) is 63.7 cm³/mol. The van der Waals surface area contributed by atoms with Crippen molar-refractivity contribution in [3.05, 3.63) is 0 Å². The van der Waals surface area contributed by atoms with Gasteiger partial charge in [-0.25, -0.2) is 0 Å². The third kappa shape index (κ3) is 3.17. The van der Waals surface area contributed by atoms with Gasteiger partial charge in [0.2, 0.25) is 0 Å². The summed E-state index contributed by atoms with van der Waals surface area (Å²) >= 11 is 0. The lowest BCUT2D eigenvalue weighted by atomic mass is 10.1. The molecule has 0 aromatic rings. The number of nitrogens with one attached hydrogen (secondary N) is 1. The van der Waals surface area contributed by atoms with Crippen LogP contribution in [0.2, 0.25) is 0 Å². The van der Waals surface area contributed by atoms with E-state index in [0.717, 1.165) is 45.9 Å². The Bertz CT molecular complexity index is 201. The highest BCUT2D eigenvalue weighted by Gasteiger charge is 2.25. The van der Waals surface area contributed by atoms with E-state index < -0.39 is 0 Å². The van der Waals surface area contributed by atoms with Crippen LogP contribution in [-0.2, 0) is 9.47 Å². The molecular formula is C12H24N2O2. The summed E-state index contributed by atoms with van der Waals surface area (Å²) in [7, 11) is 0. The zero-order chi connectivity index (χ0) is 11.4. The van der Waals surface area contributed by atoms with Crippen LogP contribution in [0.3, 0.4) is 0 Å². The van der Waals surface area contributed by atoms with Crippen molar-refractivity contribution in [3.8, 4) is 0 Å². The zero-order valence-electron chi connectivity index (χ0n) is 10.4. The first kappa shape index (κ1) is 12.3. The maximum absolute atomic E-state index is 5.39. The van der Waals surface area contributed by atoms with Crippen LogP contribution in [-0.4, -0.2) is 62.5 Å². The Labute approximate surface area is 98.3 Å². The van der Waals surface area contributed by atoms with E-state index in [1.54, 1.807) is 0 Å². The monoisotopic (exact) mass is 228 g/mol. The lowest BCUT2D eigenvalue weighted by Crippen LogP contribution is -2.53. The molecule has 0 aliphatic carbocycles. The van der Waals surface area contributed by atoms with E-state index in [0.29, 0.717) is 18.1 Å². The minimum Gasteiger partial charge on any atom is -0.380 e. The fraction of sp³-hybridized carbons (Fsp3) is 1.00. The molecular weight excluding hydrogens is 204 g/mol. The van der Waals surface area contributed by atoms with Gasteiger partial charge in [0.05, 0.1) is 19.8 Å². The van der Waals surface area contributed by atoms with Gasteiger partial charge in [0.25, 0.3) is 0 Å². The molecule has 4 nitrogen and oxygen atoms in total. The van der Waals surface area contributed by atoms with Gasteiger partial charge in [0.1, 0.15) is 0 Å². The molecule has 2 aliphatic rings. The zero-order valence-corrected chi connectivity index (χ0v) is 10.4. The second kappa shape index (κ2) is 5.96. The van der Waals surface area contributed by atoms with Gasteiger partial charge in [-0.05, 0) is 20.3 Å². The highest BCUT2D eigenvalue weighted by atomic mass is 16.5. The number of hydrogen-bond acceptors (Lipinski definition) is 4. The third-order valence-corrected chi connectivity index (χ3v) is 3.77. The molecule has 0 amide bonds. The van der Waals surface area contributed by atoms with Crippen LogP contribution >= 0.6 is 0 Å². The standard InChI is InChI=1S/C12H24N2O2/c1-10(13-12-3-6-16-9-12)11(2)14-4-7-15-8-5-14/h10-13H,3-9H2,1-2H3. The number of hydrogen-bond donors (Lipinski definition) is 1. The van der Waals surface area contributed by atoms with E-state index in [9.17, 15) is 0 Å². The summed E-state index contributed by atoms with van der Waals surface area (Å²) in [6, 6.07) is 1.65. The SMILES string of the molecule is CC(NC1CCOC1)C(C)N1CCOCC1. The topological polar surface area (TPSA) is 33.7 Å². The van der Waals surface area contributed by atoms with Crippen molar-refractivity contribution >= 4 is 0 Å². The molecule has 0 aromatic carbocycles.